The van der Waals surface area contributed by atoms with Gasteiger partial charge in [0.15, 0.2) is 18.2 Å². The number of rotatable bonds is 4. The molecule has 2 N–H and O–H groups in total. The second kappa shape index (κ2) is 6.87. The number of ether oxygens (including phenoxy) is 1. The molecule has 0 saturated carbocycles. The Kier molecular flexibility index (Phi) is 5.14. The van der Waals surface area contributed by atoms with Gasteiger partial charge in [0.05, 0.1) is 0 Å². The molecule has 1 aromatic carbocycles. The van der Waals surface area contributed by atoms with E-state index >= 15 is 0 Å². The van der Waals surface area contributed by atoms with Crippen LogP contribution in [-0.4, -0.2) is 55.5 Å². The molecular formula is C15H22FN3O2. The molecule has 1 aromatic rings. The highest BCUT2D eigenvalue weighted by molar-refractivity contribution is 5.77. The average Bonchev–Trinajstić information content (AvgIpc) is 2.46. The number of nitrogens with zero attached hydrogens (tertiary/aromatic N) is 2. The maximum absolute atomic E-state index is 13.8. The first-order valence-corrected chi connectivity index (χ1v) is 7.11. The van der Waals surface area contributed by atoms with Crippen molar-refractivity contribution in [1.82, 2.24) is 9.80 Å². The van der Waals surface area contributed by atoms with Crippen LogP contribution in [0.3, 0.4) is 0 Å². The summed E-state index contributed by atoms with van der Waals surface area (Å²) in [6.07, 6.45) is 0. The number of nitrogens with two attached hydrogens (primary N) is 1. The number of hydrogen-bond donors (Lipinski definition) is 1. The van der Waals surface area contributed by atoms with E-state index in [-0.39, 0.29) is 24.3 Å². The van der Waals surface area contributed by atoms with E-state index in [0.29, 0.717) is 18.7 Å². The lowest BCUT2D eigenvalue weighted by Crippen LogP contribution is -2.48. The molecule has 2 rings (SSSR count). The van der Waals surface area contributed by atoms with Gasteiger partial charge in [0.2, 0.25) is 0 Å². The Morgan fingerprint density at radius 2 is 2.05 bits per heavy atom. The van der Waals surface area contributed by atoms with Crippen LogP contribution in [0.15, 0.2) is 18.2 Å². The monoisotopic (exact) mass is 295 g/mol. The summed E-state index contributed by atoms with van der Waals surface area (Å²) >= 11 is 0. The molecule has 21 heavy (non-hydrogen) atoms. The van der Waals surface area contributed by atoms with Gasteiger partial charge in [-0.05, 0) is 31.7 Å². The van der Waals surface area contributed by atoms with Crippen LogP contribution in [0.2, 0.25) is 0 Å². The number of benzene rings is 1. The van der Waals surface area contributed by atoms with Gasteiger partial charge >= 0.3 is 0 Å². The first-order chi connectivity index (χ1) is 9.97. The van der Waals surface area contributed by atoms with Crippen molar-refractivity contribution in [2.75, 3.05) is 39.8 Å². The molecule has 1 unspecified atom stereocenters. The van der Waals surface area contributed by atoms with Gasteiger partial charge in [-0.25, -0.2) is 4.39 Å². The van der Waals surface area contributed by atoms with Gasteiger partial charge in [-0.1, -0.05) is 6.07 Å². The topological polar surface area (TPSA) is 58.8 Å². The van der Waals surface area contributed by atoms with Crippen LogP contribution < -0.4 is 10.5 Å². The van der Waals surface area contributed by atoms with Gasteiger partial charge in [-0.2, -0.15) is 0 Å². The summed E-state index contributed by atoms with van der Waals surface area (Å²) in [6.45, 7) is 4.71. The van der Waals surface area contributed by atoms with E-state index in [9.17, 15) is 9.18 Å². The van der Waals surface area contributed by atoms with Crippen molar-refractivity contribution in [3.8, 4) is 5.75 Å². The summed E-state index contributed by atoms with van der Waals surface area (Å²) in [7, 11) is 2.02. The third-order valence-corrected chi connectivity index (χ3v) is 3.69. The molecule has 5 nitrogen and oxygen atoms in total. The molecule has 116 valence electrons. The summed E-state index contributed by atoms with van der Waals surface area (Å²) in [4.78, 5) is 15.9. The highest BCUT2D eigenvalue weighted by atomic mass is 19.1. The molecule has 0 bridgehead atoms. The molecule has 1 aliphatic rings. The number of halogens is 1. The smallest absolute Gasteiger partial charge is 0.260 e. The van der Waals surface area contributed by atoms with Crippen LogP contribution in [0.5, 0.6) is 5.75 Å². The standard InChI is InChI=1S/C15H22FN3O2/c1-11(17)12-3-4-14(13(16)9-12)21-10-15(20)19-7-5-18(2)6-8-19/h3-4,9,11H,5-8,10,17H2,1-2H3. The lowest BCUT2D eigenvalue weighted by atomic mass is 10.1. The van der Waals surface area contributed by atoms with Gasteiger partial charge in [0.1, 0.15) is 0 Å². The van der Waals surface area contributed by atoms with Crippen molar-refractivity contribution in [2.45, 2.75) is 13.0 Å². The quantitative estimate of drug-likeness (QED) is 0.900. The fourth-order valence-electron chi connectivity index (χ4n) is 2.20. The van der Waals surface area contributed by atoms with Crippen LogP contribution in [-0.2, 0) is 4.79 Å². The number of carbonyl (C=O) groups excluding carboxylic acids is 1. The molecule has 0 aliphatic carbocycles. The first kappa shape index (κ1) is 15.7. The van der Waals surface area contributed by atoms with Gasteiger partial charge in [-0.15, -0.1) is 0 Å². The largest absolute Gasteiger partial charge is 0.481 e. The van der Waals surface area contributed by atoms with E-state index in [1.165, 1.54) is 12.1 Å². The molecule has 0 radical (unpaired) electrons. The van der Waals surface area contributed by atoms with Gasteiger partial charge in [0.25, 0.3) is 5.91 Å². The summed E-state index contributed by atoms with van der Waals surface area (Å²) in [5.41, 5.74) is 6.39. The Labute approximate surface area is 124 Å². The van der Waals surface area contributed by atoms with Crippen molar-refractivity contribution in [3.05, 3.63) is 29.6 Å². The molecule has 1 atom stereocenters. The number of hydrogen-bond acceptors (Lipinski definition) is 4. The Morgan fingerprint density at radius 3 is 2.62 bits per heavy atom. The minimum Gasteiger partial charge on any atom is -0.481 e. The van der Waals surface area contributed by atoms with E-state index in [2.05, 4.69) is 4.90 Å². The summed E-state index contributed by atoms with van der Waals surface area (Å²) in [5.74, 6) is -0.517. The number of likely N-dealkylation sites (N-methyl/N-ethyl adjacent to an activating group) is 1. The molecular weight excluding hydrogens is 273 g/mol. The Bertz CT molecular complexity index is 500. The first-order valence-electron chi connectivity index (χ1n) is 7.11. The van der Waals surface area contributed by atoms with Crippen LogP contribution in [0.4, 0.5) is 4.39 Å². The molecule has 1 fully saturated rings. The zero-order chi connectivity index (χ0) is 15.4. The Hall–Kier alpha value is -1.66. The highest BCUT2D eigenvalue weighted by Gasteiger charge is 2.19. The lowest BCUT2D eigenvalue weighted by Gasteiger charge is -2.32. The van der Waals surface area contributed by atoms with Crippen LogP contribution >= 0.6 is 0 Å². The molecule has 1 saturated heterocycles. The van der Waals surface area contributed by atoms with Crippen LogP contribution in [0, 0.1) is 5.82 Å². The second-order valence-electron chi connectivity index (χ2n) is 5.45. The SMILES string of the molecule is CC(N)c1ccc(OCC(=O)N2CCN(C)CC2)c(F)c1. The molecule has 0 spiro atoms. The van der Waals surface area contributed by atoms with Gasteiger partial charge in [0, 0.05) is 32.2 Å². The highest BCUT2D eigenvalue weighted by Crippen LogP contribution is 2.21. The van der Waals surface area contributed by atoms with E-state index < -0.39 is 5.82 Å². The number of piperazine rings is 1. The second-order valence-corrected chi connectivity index (χ2v) is 5.45. The van der Waals surface area contributed by atoms with Crippen LogP contribution in [0.1, 0.15) is 18.5 Å². The molecule has 6 heteroatoms. The van der Waals surface area contributed by atoms with E-state index in [1.54, 1.807) is 17.9 Å². The third-order valence-electron chi connectivity index (χ3n) is 3.69. The van der Waals surface area contributed by atoms with Crippen molar-refractivity contribution in [1.29, 1.82) is 0 Å². The number of amides is 1. The predicted molar refractivity (Wildman–Crippen MR) is 78.6 cm³/mol. The van der Waals surface area contributed by atoms with Crippen molar-refractivity contribution in [3.63, 3.8) is 0 Å². The van der Waals surface area contributed by atoms with Crippen molar-refractivity contribution < 1.29 is 13.9 Å². The maximum Gasteiger partial charge on any atom is 0.260 e. The van der Waals surface area contributed by atoms with Crippen molar-refractivity contribution in [2.24, 2.45) is 5.73 Å². The summed E-state index contributed by atoms with van der Waals surface area (Å²) in [6, 6.07) is 4.34. The van der Waals surface area contributed by atoms with E-state index in [4.69, 9.17) is 10.5 Å². The van der Waals surface area contributed by atoms with E-state index in [0.717, 1.165) is 13.1 Å². The fraction of sp³-hybridized carbons (Fsp3) is 0.533. The molecule has 1 amide bonds. The van der Waals surface area contributed by atoms with E-state index in [1.807, 2.05) is 7.05 Å². The van der Waals surface area contributed by atoms with Gasteiger partial charge < -0.3 is 20.3 Å². The summed E-state index contributed by atoms with van der Waals surface area (Å²) < 4.78 is 19.1. The van der Waals surface area contributed by atoms with Crippen LogP contribution in [0.25, 0.3) is 0 Å². The average molecular weight is 295 g/mol. The minimum absolute atomic E-state index is 0.0851. The maximum atomic E-state index is 13.8. The zero-order valence-electron chi connectivity index (χ0n) is 12.5. The molecule has 1 aliphatic heterocycles. The Morgan fingerprint density at radius 1 is 1.38 bits per heavy atom. The van der Waals surface area contributed by atoms with Gasteiger partial charge in [-0.3, -0.25) is 4.79 Å². The summed E-state index contributed by atoms with van der Waals surface area (Å²) in [5, 5.41) is 0. The number of carbonyl (C=O) groups is 1. The lowest BCUT2D eigenvalue weighted by molar-refractivity contribution is -0.134. The Balaban J connectivity index is 1.89. The third kappa shape index (κ3) is 4.15. The normalized spacial score (nSPS) is 17.6. The zero-order valence-corrected chi connectivity index (χ0v) is 12.5. The molecule has 1 heterocycles. The van der Waals surface area contributed by atoms with Crippen molar-refractivity contribution >= 4 is 5.91 Å². The minimum atomic E-state index is -0.490. The predicted octanol–water partition coefficient (Wildman–Crippen LogP) is 0.998. The molecule has 0 aromatic heterocycles. The fourth-order valence-corrected chi connectivity index (χ4v) is 2.20.